The van der Waals surface area contributed by atoms with Crippen LogP contribution in [0.25, 0.3) is 0 Å². The zero-order valence-corrected chi connectivity index (χ0v) is 9.54. The number of hydrogen-bond acceptors (Lipinski definition) is 4. The van der Waals surface area contributed by atoms with Crippen molar-refractivity contribution in [1.29, 1.82) is 5.26 Å². The number of halogens is 1. The lowest BCUT2D eigenvalue weighted by Crippen LogP contribution is -2.06. The number of phenols is 1. The molecule has 1 aromatic rings. The Balaban J connectivity index is 3.19. The van der Waals surface area contributed by atoms with Crippen LogP contribution >= 0.6 is 15.9 Å². The van der Waals surface area contributed by atoms with Gasteiger partial charge in [0.1, 0.15) is 5.75 Å². The Hall–Kier alpha value is -1.54. The molecular formula is C10H8BrNO3. The van der Waals surface area contributed by atoms with E-state index in [9.17, 15) is 9.90 Å². The van der Waals surface area contributed by atoms with E-state index in [1.54, 1.807) is 6.07 Å². The summed E-state index contributed by atoms with van der Waals surface area (Å²) in [4.78, 5) is 11.1. The largest absolute Gasteiger partial charge is 0.506 e. The van der Waals surface area contributed by atoms with Gasteiger partial charge in [-0.3, -0.25) is 4.79 Å². The molecule has 1 rings (SSSR count). The molecule has 0 saturated heterocycles. The molecular weight excluding hydrogens is 262 g/mol. The number of nitrogens with zero attached hydrogens (tertiary/aromatic N) is 1. The van der Waals surface area contributed by atoms with E-state index >= 15 is 0 Å². The fraction of sp³-hybridized carbons (Fsp3) is 0.200. The third kappa shape index (κ3) is 2.48. The Labute approximate surface area is 95.2 Å². The molecule has 0 aromatic heterocycles. The lowest BCUT2D eigenvalue weighted by molar-refractivity contribution is -0.139. The lowest BCUT2D eigenvalue weighted by Gasteiger charge is -2.06. The number of benzene rings is 1. The van der Waals surface area contributed by atoms with Gasteiger partial charge >= 0.3 is 5.97 Å². The van der Waals surface area contributed by atoms with Crippen LogP contribution < -0.4 is 0 Å². The highest BCUT2D eigenvalue weighted by atomic mass is 79.9. The summed E-state index contributed by atoms with van der Waals surface area (Å²) < 4.78 is 4.92. The van der Waals surface area contributed by atoms with Crippen LogP contribution in [0.15, 0.2) is 16.6 Å². The van der Waals surface area contributed by atoms with Crippen molar-refractivity contribution in [3.63, 3.8) is 0 Å². The molecule has 0 fully saturated rings. The van der Waals surface area contributed by atoms with E-state index in [0.29, 0.717) is 4.47 Å². The second-order valence-electron chi connectivity index (χ2n) is 2.79. The first-order chi connectivity index (χ1) is 7.10. The number of rotatable bonds is 2. The van der Waals surface area contributed by atoms with E-state index in [0.717, 1.165) is 0 Å². The number of aromatic hydroxyl groups is 1. The zero-order valence-electron chi connectivity index (χ0n) is 7.95. The molecule has 5 heteroatoms. The molecule has 0 aliphatic carbocycles. The Morgan fingerprint density at radius 2 is 2.33 bits per heavy atom. The minimum absolute atomic E-state index is 0.0977. The van der Waals surface area contributed by atoms with Crippen molar-refractivity contribution in [2.75, 3.05) is 7.11 Å². The SMILES string of the molecule is COC(=O)Cc1c(C#N)ccc(Br)c1O. The average Bonchev–Trinajstić information content (AvgIpc) is 2.25. The summed E-state index contributed by atoms with van der Waals surface area (Å²) in [6.07, 6.45) is -0.120. The first-order valence-electron chi connectivity index (χ1n) is 4.07. The second kappa shape index (κ2) is 4.80. The van der Waals surface area contributed by atoms with E-state index in [1.807, 2.05) is 6.07 Å². The molecule has 4 nitrogen and oxygen atoms in total. The Kier molecular flexibility index (Phi) is 3.69. The standard InChI is InChI=1S/C10H8BrNO3/c1-15-9(13)4-7-6(5-12)2-3-8(11)10(7)14/h2-3,14H,4H2,1H3. The van der Waals surface area contributed by atoms with Crippen molar-refractivity contribution >= 4 is 21.9 Å². The summed E-state index contributed by atoms with van der Waals surface area (Å²) in [5, 5.41) is 18.4. The van der Waals surface area contributed by atoms with E-state index < -0.39 is 5.97 Å². The van der Waals surface area contributed by atoms with Gasteiger partial charge in [-0.15, -0.1) is 0 Å². The summed E-state index contributed by atoms with van der Waals surface area (Å²) in [5.74, 6) is -0.598. The molecule has 15 heavy (non-hydrogen) atoms. The Bertz CT molecular complexity index is 437. The number of phenolic OH excluding ortho intramolecular Hbond substituents is 1. The third-order valence-electron chi connectivity index (χ3n) is 1.90. The van der Waals surface area contributed by atoms with Gasteiger partial charge in [-0.2, -0.15) is 5.26 Å². The van der Waals surface area contributed by atoms with Gasteiger partial charge in [-0.25, -0.2) is 0 Å². The maximum atomic E-state index is 11.1. The molecule has 0 radical (unpaired) electrons. The molecule has 0 spiro atoms. The van der Waals surface area contributed by atoms with E-state index in [4.69, 9.17) is 5.26 Å². The Morgan fingerprint density at radius 3 is 2.87 bits per heavy atom. The van der Waals surface area contributed by atoms with E-state index in [1.165, 1.54) is 13.2 Å². The van der Waals surface area contributed by atoms with Crippen LogP contribution in [0.5, 0.6) is 5.75 Å². The van der Waals surface area contributed by atoms with E-state index in [2.05, 4.69) is 20.7 Å². The van der Waals surface area contributed by atoms with Crippen LogP contribution in [0, 0.1) is 11.3 Å². The summed E-state index contributed by atoms with van der Waals surface area (Å²) in [6, 6.07) is 4.98. The molecule has 0 aliphatic rings. The maximum absolute atomic E-state index is 11.1. The smallest absolute Gasteiger partial charge is 0.310 e. The molecule has 1 N–H and O–H groups in total. The average molecular weight is 270 g/mol. The molecule has 0 atom stereocenters. The van der Waals surface area contributed by atoms with Crippen molar-refractivity contribution in [3.05, 3.63) is 27.7 Å². The van der Waals surface area contributed by atoms with Gasteiger partial charge in [0, 0.05) is 5.56 Å². The summed E-state index contributed by atoms with van der Waals surface area (Å²) in [7, 11) is 1.25. The van der Waals surface area contributed by atoms with Crippen LogP contribution in [0.1, 0.15) is 11.1 Å². The number of esters is 1. The van der Waals surface area contributed by atoms with Gasteiger partial charge in [-0.05, 0) is 28.1 Å². The van der Waals surface area contributed by atoms with Gasteiger partial charge in [0.2, 0.25) is 0 Å². The first-order valence-corrected chi connectivity index (χ1v) is 4.86. The second-order valence-corrected chi connectivity index (χ2v) is 3.64. The first kappa shape index (κ1) is 11.5. The molecule has 78 valence electrons. The lowest BCUT2D eigenvalue weighted by atomic mass is 10.0. The van der Waals surface area contributed by atoms with Crippen LogP contribution in [-0.4, -0.2) is 18.2 Å². The molecule has 0 amide bonds. The van der Waals surface area contributed by atoms with E-state index in [-0.39, 0.29) is 23.3 Å². The van der Waals surface area contributed by atoms with Crippen molar-refractivity contribution < 1.29 is 14.6 Å². The number of hydrogen-bond donors (Lipinski definition) is 1. The highest BCUT2D eigenvalue weighted by molar-refractivity contribution is 9.10. The number of methoxy groups -OCH3 is 1. The van der Waals surface area contributed by atoms with Crippen LogP contribution in [-0.2, 0) is 16.0 Å². The fourth-order valence-electron chi connectivity index (χ4n) is 1.11. The molecule has 0 saturated carbocycles. The van der Waals surface area contributed by atoms with Crippen molar-refractivity contribution in [1.82, 2.24) is 0 Å². The number of carbonyl (C=O) groups excluding carboxylic acids is 1. The number of ether oxygens (including phenoxy) is 1. The number of nitriles is 1. The predicted octanol–water partition coefficient (Wildman–Crippen LogP) is 1.74. The van der Waals surface area contributed by atoms with Crippen molar-refractivity contribution in [2.45, 2.75) is 6.42 Å². The monoisotopic (exact) mass is 269 g/mol. The minimum Gasteiger partial charge on any atom is -0.506 e. The van der Waals surface area contributed by atoms with Gasteiger partial charge in [0.05, 0.1) is 29.6 Å². The molecule has 0 aliphatic heterocycles. The minimum atomic E-state index is -0.500. The summed E-state index contributed by atoms with van der Waals surface area (Å²) >= 11 is 3.11. The van der Waals surface area contributed by atoms with Crippen LogP contribution in [0.2, 0.25) is 0 Å². The normalized spacial score (nSPS) is 9.40. The highest BCUT2D eigenvalue weighted by Crippen LogP contribution is 2.30. The molecule has 1 aromatic carbocycles. The van der Waals surface area contributed by atoms with Gasteiger partial charge < -0.3 is 9.84 Å². The Morgan fingerprint density at radius 1 is 1.67 bits per heavy atom. The zero-order chi connectivity index (χ0) is 11.4. The molecule has 0 heterocycles. The highest BCUT2D eigenvalue weighted by Gasteiger charge is 2.14. The molecule has 0 bridgehead atoms. The summed E-state index contributed by atoms with van der Waals surface area (Å²) in [5.41, 5.74) is 0.542. The maximum Gasteiger partial charge on any atom is 0.310 e. The quantitative estimate of drug-likeness (QED) is 0.831. The van der Waals surface area contributed by atoms with Gasteiger partial charge in [-0.1, -0.05) is 0 Å². The van der Waals surface area contributed by atoms with Crippen LogP contribution in [0.3, 0.4) is 0 Å². The van der Waals surface area contributed by atoms with Gasteiger partial charge in [0.25, 0.3) is 0 Å². The summed E-state index contributed by atoms with van der Waals surface area (Å²) in [6.45, 7) is 0. The van der Waals surface area contributed by atoms with Crippen molar-refractivity contribution in [3.8, 4) is 11.8 Å². The number of carbonyl (C=O) groups is 1. The topological polar surface area (TPSA) is 70.3 Å². The molecule has 0 unspecified atom stereocenters. The van der Waals surface area contributed by atoms with Crippen molar-refractivity contribution in [2.24, 2.45) is 0 Å². The van der Waals surface area contributed by atoms with Gasteiger partial charge in [0.15, 0.2) is 0 Å². The third-order valence-corrected chi connectivity index (χ3v) is 2.54. The predicted molar refractivity (Wildman–Crippen MR) is 56.2 cm³/mol. The fourth-order valence-corrected chi connectivity index (χ4v) is 1.48. The van der Waals surface area contributed by atoms with Crippen LogP contribution in [0.4, 0.5) is 0 Å².